The molecular weight excluding hydrogens is 292 g/mol. The van der Waals surface area contributed by atoms with Gasteiger partial charge in [-0.15, -0.1) is 0 Å². The van der Waals surface area contributed by atoms with E-state index in [0.29, 0.717) is 12.1 Å². The van der Waals surface area contributed by atoms with E-state index in [9.17, 15) is 13.2 Å². The first-order valence-electron chi connectivity index (χ1n) is 6.87. The number of likely N-dealkylation sites (N-methyl/N-ethyl adjacent to an activating group) is 1. The maximum atomic E-state index is 12.1. The Balaban J connectivity index is 1.97. The molecule has 0 aromatic heterocycles. The predicted molar refractivity (Wildman–Crippen MR) is 79.7 cm³/mol. The summed E-state index contributed by atoms with van der Waals surface area (Å²) in [6.07, 6.45) is 2.08. The number of hydrogen-bond donors (Lipinski definition) is 2. The van der Waals surface area contributed by atoms with Crippen molar-refractivity contribution >= 4 is 16.0 Å². The molecule has 0 amide bonds. The van der Waals surface area contributed by atoms with Crippen molar-refractivity contribution in [1.29, 1.82) is 0 Å². The van der Waals surface area contributed by atoms with Crippen LogP contribution in [0.2, 0.25) is 0 Å². The van der Waals surface area contributed by atoms with Crippen molar-refractivity contribution < 1.29 is 18.3 Å². The topological polar surface area (TPSA) is 86.7 Å². The van der Waals surface area contributed by atoms with Crippen molar-refractivity contribution in [2.24, 2.45) is 0 Å². The van der Waals surface area contributed by atoms with Gasteiger partial charge in [-0.25, -0.2) is 17.9 Å². The average Bonchev–Trinajstić information content (AvgIpc) is 2.82. The number of carboxylic acids is 1. The summed E-state index contributed by atoms with van der Waals surface area (Å²) in [5.41, 5.74) is 0.570. The monoisotopic (exact) mass is 312 g/mol. The van der Waals surface area contributed by atoms with Gasteiger partial charge in [0.15, 0.2) is 0 Å². The SMILES string of the molecule is CN1CCCC1CNS(=O)(=O)Cc1cccc(C(=O)O)c1. The number of sulfonamides is 1. The second-order valence-electron chi connectivity index (χ2n) is 5.39. The molecule has 1 fully saturated rings. The number of rotatable bonds is 6. The molecule has 1 aliphatic rings. The molecule has 2 N–H and O–H groups in total. The van der Waals surface area contributed by atoms with Gasteiger partial charge in [0, 0.05) is 12.6 Å². The second kappa shape index (κ2) is 6.55. The van der Waals surface area contributed by atoms with E-state index in [1.807, 2.05) is 7.05 Å². The lowest BCUT2D eigenvalue weighted by Gasteiger charge is -2.19. The Bertz CT molecular complexity index is 615. The summed E-state index contributed by atoms with van der Waals surface area (Å²) in [6.45, 7) is 1.39. The van der Waals surface area contributed by atoms with Gasteiger partial charge in [-0.3, -0.25) is 0 Å². The van der Waals surface area contributed by atoms with Gasteiger partial charge < -0.3 is 10.0 Å². The molecule has 1 aromatic rings. The van der Waals surface area contributed by atoms with E-state index in [1.165, 1.54) is 12.1 Å². The smallest absolute Gasteiger partial charge is 0.335 e. The highest BCUT2D eigenvalue weighted by molar-refractivity contribution is 7.88. The Labute approximate surface area is 124 Å². The van der Waals surface area contributed by atoms with E-state index < -0.39 is 16.0 Å². The Hall–Kier alpha value is -1.44. The van der Waals surface area contributed by atoms with Crippen LogP contribution < -0.4 is 4.72 Å². The third kappa shape index (κ3) is 4.52. The number of benzene rings is 1. The van der Waals surface area contributed by atoms with Crippen LogP contribution in [-0.2, 0) is 15.8 Å². The minimum atomic E-state index is -3.46. The van der Waals surface area contributed by atoms with E-state index in [0.717, 1.165) is 19.4 Å². The van der Waals surface area contributed by atoms with Crippen LogP contribution in [0, 0.1) is 0 Å². The molecule has 0 saturated carbocycles. The number of carboxylic acid groups (broad SMARTS) is 1. The molecule has 1 aliphatic heterocycles. The summed E-state index contributed by atoms with van der Waals surface area (Å²) in [7, 11) is -1.47. The molecule has 6 nitrogen and oxygen atoms in total. The fraction of sp³-hybridized carbons (Fsp3) is 0.500. The van der Waals surface area contributed by atoms with E-state index in [4.69, 9.17) is 5.11 Å². The van der Waals surface area contributed by atoms with Crippen LogP contribution in [0.1, 0.15) is 28.8 Å². The number of nitrogens with zero attached hydrogens (tertiary/aromatic N) is 1. The fourth-order valence-electron chi connectivity index (χ4n) is 2.52. The van der Waals surface area contributed by atoms with Crippen LogP contribution in [0.15, 0.2) is 24.3 Å². The van der Waals surface area contributed by atoms with Crippen molar-refractivity contribution in [3.8, 4) is 0 Å². The molecule has 116 valence electrons. The summed E-state index contributed by atoms with van der Waals surface area (Å²) in [4.78, 5) is 13.0. The maximum absolute atomic E-state index is 12.1. The molecule has 0 bridgehead atoms. The molecule has 21 heavy (non-hydrogen) atoms. The summed E-state index contributed by atoms with van der Waals surface area (Å²) in [6, 6.07) is 6.25. The molecule has 0 aliphatic carbocycles. The van der Waals surface area contributed by atoms with Gasteiger partial charge in [-0.2, -0.15) is 0 Å². The van der Waals surface area contributed by atoms with E-state index in [-0.39, 0.29) is 17.4 Å². The highest BCUT2D eigenvalue weighted by Crippen LogP contribution is 2.14. The highest BCUT2D eigenvalue weighted by Gasteiger charge is 2.22. The number of carbonyl (C=O) groups is 1. The molecule has 1 saturated heterocycles. The lowest BCUT2D eigenvalue weighted by molar-refractivity contribution is 0.0696. The largest absolute Gasteiger partial charge is 0.478 e. The first kappa shape index (κ1) is 15.9. The van der Waals surface area contributed by atoms with Crippen LogP contribution in [0.25, 0.3) is 0 Å². The summed E-state index contributed by atoms with van der Waals surface area (Å²) >= 11 is 0. The van der Waals surface area contributed by atoms with Gasteiger partial charge in [0.05, 0.1) is 11.3 Å². The molecular formula is C14H20N2O4S. The zero-order valence-corrected chi connectivity index (χ0v) is 12.8. The average molecular weight is 312 g/mol. The molecule has 1 unspecified atom stereocenters. The first-order valence-corrected chi connectivity index (χ1v) is 8.52. The van der Waals surface area contributed by atoms with E-state index in [1.54, 1.807) is 12.1 Å². The predicted octanol–water partition coefficient (Wildman–Crippen LogP) is 0.898. The van der Waals surface area contributed by atoms with Crippen LogP contribution in [0.4, 0.5) is 0 Å². The number of nitrogens with one attached hydrogen (secondary N) is 1. The summed E-state index contributed by atoms with van der Waals surface area (Å²) < 4.78 is 26.7. The van der Waals surface area contributed by atoms with Crippen molar-refractivity contribution in [2.45, 2.75) is 24.6 Å². The third-order valence-corrected chi connectivity index (χ3v) is 5.06. The minimum absolute atomic E-state index is 0.0956. The Morgan fingerprint density at radius 2 is 2.24 bits per heavy atom. The van der Waals surface area contributed by atoms with Crippen molar-refractivity contribution in [1.82, 2.24) is 9.62 Å². The normalized spacial score (nSPS) is 19.8. The molecule has 0 spiro atoms. The van der Waals surface area contributed by atoms with Crippen LogP contribution in [0.5, 0.6) is 0 Å². The summed E-state index contributed by atoms with van der Waals surface area (Å²) in [5, 5.41) is 8.91. The van der Waals surface area contributed by atoms with Gasteiger partial charge in [0.1, 0.15) is 0 Å². The molecule has 7 heteroatoms. The van der Waals surface area contributed by atoms with Crippen LogP contribution in [0.3, 0.4) is 0 Å². The number of hydrogen-bond acceptors (Lipinski definition) is 4. The van der Waals surface area contributed by atoms with Gasteiger partial charge in [0.25, 0.3) is 0 Å². The standard InChI is InChI=1S/C14H20N2O4S/c1-16-7-3-6-13(16)9-15-21(19,20)10-11-4-2-5-12(8-11)14(17)18/h2,4-5,8,13,15H,3,6-7,9-10H2,1H3,(H,17,18). The molecule has 2 rings (SSSR count). The van der Waals surface area contributed by atoms with Gasteiger partial charge >= 0.3 is 5.97 Å². The second-order valence-corrected chi connectivity index (χ2v) is 7.20. The highest BCUT2D eigenvalue weighted by atomic mass is 32.2. The maximum Gasteiger partial charge on any atom is 0.335 e. The number of aromatic carboxylic acids is 1. The number of likely N-dealkylation sites (tertiary alicyclic amines) is 1. The zero-order valence-electron chi connectivity index (χ0n) is 11.9. The lowest BCUT2D eigenvalue weighted by atomic mass is 10.1. The fourth-order valence-corrected chi connectivity index (χ4v) is 3.69. The Morgan fingerprint density at radius 1 is 1.48 bits per heavy atom. The van der Waals surface area contributed by atoms with Crippen molar-refractivity contribution in [3.63, 3.8) is 0 Å². The quantitative estimate of drug-likeness (QED) is 0.815. The lowest BCUT2D eigenvalue weighted by Crippen LogP contribution is -2.38. The van der Waals surface area contributed by atoms with Crippen LogP contribution >= 0.6 is 0 Å². The molecule has 1 heterocycles. The zero-order chi connectivity index (χ0) is 15.5. The van der Waals surface area contributed by atoms with Gasteiger partial charge in [-0.1, -0.05) is 12.1 Å². The molecule has 1 atom stereocenters. The van der Waals surface area contributed by atoms with Crippen molar-refractivity contribution in [2.75, 3.05) is 20.1 Å². The molecule has 0 radical (unpaired) electrons. The Morgan fingerprint density at radius 3 is 2.86 bits per heavy atom. The minimum Gasteiger partial charge on any atom is -0.478 e. The summed E-state index contributed by atoms with van der Waals surface area (Å²) in [5.74, 6) is -1.26. The Kier molecular flexibility index (Phi) is 4.97. The van der Waals surface area contributed by atoms with E-state index >= 15 is 0 Å². The third-order valence-electron chi connectivity index (χ3n) is 3.74. The molecule has 1 aromatic carbocycles. The van der Waals surface area contributed by atoms with Gasteiger partial charge in [0.2, 0.25) is 10.0 Å². The van der Waals surface area contributed by atoms with Crippen LogP contribution in [-0.4, -0.2) is 50.6 Å². The first-order chi connectivity index (χ1) is 9.87. The van der Waals surface area contributed by atoms with Crippen molar-refractivity contribution in [3.05, 3.63) is 35.4 Å². The van der Waals surface area contributed by atoms with E-state index in [2.05, 4.69) is 9.62 Å². The van der Waals surface area contributed by atoms with Gasteiger partial charge in [-0.05, 0) is 44.1 Å².